The third-order valence-electron chi connectivity index (χ3n) is 5.60. The molecule has 1 aliphatic heterocycles. The van der Waals surface area contributed by atoms with Crippen molar-refractivity contribution in [1.82, 2.24) is 5.32 Å². The zero-order valence-electron chi connectivity index (χ0n) is 19.5. The largest absolute Gasteiger partial charge is 0.493 e. The lowest BCUT2D eigenvalue weighted by Gasteiger charge is -2.26. The normalized spacial score (nSPS) is 14.7. The molecule has 3 aromatic carbocycles. The van der Waals surface area contributed by atoms with Crippen molar-refractivity contribution in [1.29, 1.82) is 0 Å². The van der Waals surface area contributed by atoms with Crippen LogP contribution in [-0.2, 0) is 22.6 Å². The minimum atomic E-state index is -0.790. The topological polar surface area (TPSA) is 84.9 Å². The lowest BCUT2D eigenvalue weighted by molar-refractivity contribution is -0.122. The van der Waals surface area contributed by atoms with Gasteiger partial charge in [0, 0.05) is 10.6 Å². The summed E-state index contributed by atoms with van der Waals surface area (Å²) in [5.74, 6) is -0.541. The minimum Gasteiger partial charge on any atom is -0.493 e. The molecule has 1 heterocycles. The highest BCUT2D eigenvalue weighted by Crippen LogP contribution is 2.36. The first kappa shape index (κ1) is 25.7. The Morgan fingerprint density at radius 1 is 1.06 bits per heavy atom. The highest BCUT2D eigenvalue weighted by atomic mass is 127. The van der Waals surface area contributed by atoms with Crippen LogP contribution in [0.4, 0.5) is 10.5 Å². The Morgan fingerprint density at radius 2 is 1.78 bits per heavy atom. The van der Waals surface area contributed by atoms with Gasteiger partial charge in [-0.05, 0) is 76.5 Å². The van der Waals surface area contributed by atoms with Crippen molar-refractivity contribution in [3.8, 4) is 11.5 Å². The Hall–Kier alpha value is -3.37. The van der Waals surface area contributed by atoms with Gasteiger partial charge in [0.25, 0.3) is 11.8 Å². The maximum atomic E-state index is 13.2. The summed E-state index contributed by atoms with van der Waals surface area (Å²) >= 11 is 8.32. The number of amides is 4. The van der Waals surface area contributed by atoms with Gasteiger partial charge in [0.05, 0.1) is 16.4 Å². The quantitative estimate of drug-likeness (QED) is 0.207. The van der Waals surface area contributed by atoms with E-state index in [1.54, 1.807) is 30.3 Å². The van der Waals surface area contributed by atoms with E-state index >= 15 is 0 Å². The number of urea groups is 1. The van der Waals surface area contributed by atoms with Crippen molar-refractivity contribution in [2.24, 2.45) is 0 Å². The summed E-state index contributed by atoms with van der Waals surface area (Å²) in [6, 6.07) is 17.0. The average molecular weight is 617 g/mol. The maximum Gasteiger partial charge on any atom is 0.335 e. The lowest BCUT2D eigenvalue weighted by Crippen LogP contribution is -2.54. The van der Waals surface area contributed by atoms with Crippen molar-refractivity contribution >= 4 is 63.8 Å². The van der Waals surface area contributed by atoms with Crippen molar-refractivity contribution in [2.75, 3.05) is 12.0 Å². The van der Waals surface area contributed by atoms with Crippen molar-refractivity contribution < 1.29 is 23.9 Å². The average Bonchev–Trinajstić information content (AvgIpc) is 2.86. The number of hydrogen-bond donors (Lipinski definition) is 1. The van der Waals surface area contributed by atoms with Crippen LogP contribution in [-0.4, -0.2) is 25.0 Å². The molecule has 0 aliphatic carbocycles. The third kappa shape index (κ3) is 5.39. The van der Waals surface area contributed by atoms with E-state index in [1.165, 1.54) is 13.2 Å². The van der Waals surface area contributed by atoms with E-state index in [1.807, 2.05) is 37.3 Å². The highest BCUT2D eigenvalue weighted by molar-refractivity contribution is 14.1. The number of anilines is 1. The summed E-state index contributed by atoms with van der Waals surface area (Å²) in [7, 11) is 1.50. The molecule has 0 saturated carbocycles. The second-order valence-corrected chi connectivity index (χ2v) is 9.46. The first-order valence-corrected chi connectivity index (χ1v) is 12.5. The first-order valence-electron chi connectivity index (χ1n) is 11.1. The predicted molar refractivity (Wildman–Crippen MR) is 146 cm³/mol. The van der Waals surface area contributed by atoms with Crippen LogP contribution in [0.15, 0.2) is 66.2 Å². The minimum absolute atomic E-state index is 0.170. The number of carbonyl (C=O) groups is 3. The van der Waals surface area contributed by atoms with E-state index in [2.05, 4.69) is 27.9 Å². The Balaban J connectivity index is 1.64. The monoisotopic (exact) mass is 616 g/mol. The fraction of sp³-hybridized carbons (Fsp3) is 0.148. The molecular formula is C27H22ClIN2O5. The molecule has 36 heavy (non-hydrogen) atoms. The molecule has 0 radical (unpaired) electrons. The number of rotatable bonds is 7. The molecule has 0 spiro atoms. The Kier molecular flexibility index (Phi) is 7.95. The number of benzene rings is 3. The van der Waals surface area contributed by atoms with E-state index in [0.29, 0.717) is 31.3 Å². The number of aryl methyl sites for hydroxylation is 1. The SMILES string of the molecule is CCc1ccc(N2C(=O)NC(=O)/C(=C/c3cc(I)c(OCc4ccccc4Cl)c(OC)c3)C2=O)cc1. The Morgan fingerprint density at radius 3 is 2.44 bits per heavy atom. The summed E-state index contributed by atoms with van der Waals surface area (Å²) < 4.78 is 12.2. The molecule has 0 unspecified atom stereocenters. The van der Waals surface area contributed by atoms with Crippen molar-refractivity contribution in [3.05, 3.63) is 91.5 Å². The van der Waals surface area contributed by atoms with Crippen molar-refractivity contribution in [2.45, 2.75) is 20.0 Å². The van der Waals surface area contributed by atoms with E-state index < -0.39 is 17.8 Å². The molecule has 1 N–H and O–H groups in total. The van der Waals surface area contributed by atoms with Crippen LogP contribution in [0, 0.1) is 3.57 Å². The summed E-state index contributed by atoms with van der Waals surface area (Å²) in [6.07, 6.45) is 2.25. The molecule has 1 aliphatic rings. The van der Waals surface area contributed by atoms with E-state index in [0.717, 1.165) is 22.4 Å². The first-order chi connectivity index (χ1) is 17.3. The van der Waals surface area contributed by atoms with Crippen LogP contribution in [0.5, 0.6) is 11.5 Å². The van der Waals surface area contributed by atoms with Crippen LogP contribution < -0.4 is 19.7 Å². The lowest BCUT2D eigenvalue weighted by atomic mass is 10.1. The molecule has 0 aromatic heterocycles. The number of imide groups is 2. The highest BCUT2D eigenvalue weighted by Gasteiger charge is 2.36. The van der Waals surface area contributed by atoms with Gasteiger partial charge >= 0.3 is 6.03 Å². The standard InChI is InChI=1S/C27H22ClIN2O5/c1-3-16-8-10-19(11-9-16)31-26(33)20(25(32)30-27(31)34)12-17-13-22(29)24(23(14-17)35-2)36-15-18-6-4-5-7-21(18)28/h4-14H,3,15H2,1-2H3,(H,30,32,34)/b20-12-. The van der Waals surface area contributed by atoms with Gasteiger partial charge in [-0.25, -0.2) is 9.69 Å². The number of methoxy groups -OCH3 is 1. The van der Waals surface area contributed by atoms with Crippen LogP contribution >= 0.6 is 34.2 Å². The molecule has 184 valence electrons. The van der Waals surface area contributed by atoms with E-state index in [-0.39, 0.29) is 12.2 Å². The number of barbiturate groups is 1. The van der Waals surface area contributed by atoms with Gasteiger partial charge in [0.15, 0.2) is 11.5 Å². The third-order valence-corrected chi connectivity index (χ3v) is 6.77. The summed E-state index contributed by atoms with van der Waals surface area (Å²) in [5, 5.41) is 2.84. The fourth-order valence-corrected chi connectivity index (χ4v) is 4.64. The van der Waals surface area contributed by atoms with Gasteiger partial charge in [-0.3, -0.25) is 14.9 Å². The molecule has 7 nitrogen and oxygen atoms in total. The van der Waals surface area contributed by atoms with Crippen LogP contribution in [0.1, 0.15) is 23.6 Å². The van der Waals surface area contributed by atoms with Crippen LogP contribution in [0.3, 0.4) is 0 Å². The van der Waals surface area contributed by atoms with E-state index in [4.69, 9.17) is 21.1 Å². The number of carbonyl (C=O) groups excluding carboxylic acids is 3. The van der Waals surface area contributed by atoms with Gasteiger partial charge in [-0.2, -0.15) is 0 Å². The van der Waals surface area contributed by atoms with Crippen LogP contribution in [0.2, 0.25) is 5.02 Å². The summed E-state index contributed by atoms with van der Waals surface area (Å²) in [5.41, 5.74) is 2.63. The molecule has 3 aromatic rings. The molecule has 0 bridgehead atoms. The second kappa shape index (κ2) is 11.1. The second-order valence-electron chi connectivity index (χ2n) is 7.89. The van der Waals surface area contributed by atoms with Gasteiger partial charge in [-0.1, -0.05) is 48.9 Å². The van der Waals surface area contributed by atoms with Gasteiger partial charge in [-0.15, -0.1) is 0 Å². The fourth-order valence-electron chi connectivity index (χ4n) is 3.67. The van der Waals surface area contributed by atoms with Gasteiger partial charge in [0.1, 0.15) is 12.2 Å². The summed E-state index contributed by atoms with van der Waals surface area (Å²) in [4.78, 5) is 39.2. The number of nitrogens with one attached hydrogen (secondary N) is 1. The zero-order chi connectivity index (χ0) is 25.8. The molecular weight excluding hydrogens is 595 g/mol. The molecule has 0 atom stereocenters. The van der Waals surface area contributed by atoms with Crippen LogP contribution in [0.25, 0.3) is 6.08 Å². The maximum absolute atomic E-state index is 13.2. The van der Waals surface area contributed by atoms with Gasteiger partial charge < -0.3 is 9.47 Å². The molecule has 4 amide bonds. The molecule has 9 heteroatoms. The number of hydrogen-bond acceptors (Lipinski definition) is 5. The molecule has 1 fully saturated rings. The number of nitrogens with zero attached hydrogens (tertiary/aromatic N) is 1. The number of halogens is 2. The predicted octanol–water partition coefficient (Wildman–Crippen LogP) is 5.76. The van der Waals surface area contributed by atoms with E-state index in [9.17, 15) is 14.4 Å². The Bertz CT molecular complexity index is 1370. The summed E-state index contributed by atoms with van der Waals surface area (Å²) in [6.45, 7) is 2.25. The molecule has 1 saturated heterocycles. The smallest absolute Gasteiger partial charge is 0.335 e. The number of ether oxygens (including phenoxy) is 2. The van der Waals surface area contributed by atoms with Crippen molar-refractivity contribution in [3.63, 3.8) is 0 Å². The zero-order valence-corrected chi connectivity index (χ0v) is 22.4. The van der Waals surface area contributed by atoms with Gasteiger partial charge in [0.2, 0.25) is 0 Å². The Labute approximate surface area is 227 Å². The molecule has 4 rings (SSSR count).